The quantitative estimate of drug-likeness (QED) is 0.757. The number of nitrogens with zero attached hydrogens (tertiary/aromatic N) is 2. The molecule has 1 aliphatic rings. The van der Waals surface area contributed by atoms with E-state index >= 15 is 0 Å². The molecule has 0 fully saturated rings. The van der Waals surface area contributed by atoms with Crippen molar-refractivity contribution in [3.8, 4) is 11.3 Å². The highest BCUT2D eigenvalue weighted by Crippen LogP contribution is 2.31. The highest BCUT2D eigenvalue weighted by atomic mass is 16.1. The lowest BCUT2D eigenvalue weighted by molar-refractivity contribution is 0.102. The third-order valence-electron chi connectivity index (χ3n) is 4.83. The van der Waals surface area contributed by atoms with Crippen molar-refractivity contribution in [1.82, 2.24) is 9.97 Å². The Hall–Kier alpha value is -3.01. The molecule has 1 N–H and O–H groups in total. The van der Waals surface area contributed by atoms with Crippen LogP contribution in [0.4, 0.5) is 5.69 Å². The van der Waals surface area contributed by atoms with Crippen molar-refractivity contribution in [2.45, 2.75) is 32.6 Å². The van der Waals surface area contributed by atoms with Crippen LogP contribution in [-0.2, 0) is 12.8 Å². The molecule has 4 heteroatoms. The molecule has 0 aliphatic heterocycles. The van der Waals surface area contributed by atoms with Gasteiger partial charge in [-0.25, -0.2) is 9.97 Å². The van der Waals surface area contributed by atoms with Crippen LogP contribution in [0.3, 0.4) is 0 Å². The molecule has 0 saturated carbocycles. The summed E-state index contributed by atoms with van der Waals surface area (Å²) in [5.41, 5.74) is 6.63. The zero-order valence-electron chi connectivity index (χ0n) is 14.8. The summed E-state index contributed by atoms with van der Waals surface area (Å²) in [4.78, 5) is 21.9. The van der Waals surface area contributed by atoms with Gasteiger partial charge in [-0.3, -0.25) is 4.79 Å². The van der Waals surface area contributed by atoms with Crippen molar-refractivity contribution in [3.63, 3.8) is 0 Å². The third kappa shape index (κ3) is 3.23. The molecule has 3 aromatic rings. The SMILES string of the molecule is Cc1cccc(NC(=O)c2ccccc2-c2ncnc3c2CCCC3)c1. The number of carbonyl (C=O) groups is 1. The summed E-state index contributed by atoms with van der Waals surface area (Å²) in [7, 11) is 0. The lowest BCUT2D eigenvalue weighted by Gasteiger charge is -2.18. The summed E-state index contributed by atoms with van der Waals surface area (Å²) in [5, 5.41) is 3.01. The Bertz CT molecular complexity index is 965. The summed E-state index contributed by atoms with van der Waals surface area (Å²) in [6.45, 7) is 2.01. The van der Waals surface area contributed by atoms with Crippen molar-refractivity contribution < 1.29 is 4.79 Å². The smallest absolute Gasteiger partial charge is 0.256 e. The van der Waals surface area contributed by atoms with Crippen molar-refractivity contribution in [2.75, 3.05) is 5.32 Å². The number of hydrogen-bond donors (Lipinski definition) is 1. The normalized spacial score (nSPS) is 13.1. The molecule has 1 heterocycles. The largest absolute Gasteiger partial charge is 0.322 e. The van der Waals surface area contributed by atoms with Gasteiger partial charge < -0.3 is 5.32 Å². The minimum absolute atomic E-state index is 0.116. The first kappa shape index (κ1) is 16.5. The molecule has 1 aliphatic carbocycles. The summed E-state index contributed by atoms with van der Waals surface area (Å²) in [6.07, 6.45) is 5.89. The maximum Gasteiger partial charge on any atom is 0.256 e. The third-order valence-corrected chi connectivity index (χ3v) is 4.83. The Balaban J connectivity index is 1.73. The van der Waals surface area contributed by atoms with Gasteiger partial charge in [0, 0.05) is 28.1 Å². The van der Waals surface area contributed by atoms with Crippen molar-refractivity contribution >= 4 is 11.6 Å². The number of rotatable bonds is 3. The first-order valence-corrected chi connectivity index (χ1v) is 9.02. The number of carbonyl (C=O) groups excluding carboxylic acids is 1. The minimum Gasteiger partial charge on any atom is -0.322 e. The summed E-state index contributed by atoms with van der Waals surface area (Å²) >= 11 is 0. The number of hydrogen-bond acceptors (Lipinski definition) is 3. The van der Waals surface area contributed by atoms with E-state index in [0.717, 1.165) is 47.5 Å². The highest BCUT2D eigenvalue weighted by molar-refractivity contribution is 6.08. The van der Waals surface area contributed by atoms with E-state index in [9.17, 15) is 4.79 Å². The maximum absolute atomic E-state index is 12.9. The molecule has 0 radical (unpaired) electrons. The zero-order valence-corrected chi connectivity index (χ0v) is 14.8. The predicted molar refractivity (Wildman–Crippen MR) is 103 cm³/mol. The molecule has 4 rings (SSSR count). The summed E-state index contributed by atoms with van der Waals surface area (Å²) in [5.74, 6) is -0.116. The molecular weight excluding hydrogens is 322 g/mol. The van der Waals surface area contributed by atoms with Crippen LogP contribution in [0.2, 0.25) is 0 Å². The standard InChI is InChI=1S/C22H21N3O/c1-15-7-6-8-16(13-15)25-22(26)18-10-3-2-9-17(18)21-19-11-4-5-12-20(19)23-14-24-21/h2-3,6-10,13-14H,4-5,11-12H2,1H3,(H,25,26). The van der Waals surface area contributed by atoms with Gasteiger partial charge in [-0.15, -0.1) is 0 Å². The lowest BCUT2D eigenvalue weighted by Crippen LogP contribution is -2.15. The van der Waals surface area contributed by atoms with E-state index in [1.165, 1.54) is 12.0 Å². The molecule has 0 saturated heterocycles. The monoisotopic (exact) mass is 343 g/mol. The van der Waals surface area contributed by atoms with Crippen LogP contribution in [0.5, 0.6) is 0 Å². The molecule has 0 bridgehead atoms. The Morgan fingerprint density at radius 2 is 1.85 bits per heavy atom. The van der Waals surface area contributed by atoms with E-state index in [1.807, 2.05) is 55.5 Å². The van der Waals surface area contributed by atoms with Gasteiger partial charge in [-0.1, -0.05) is 30.3 Å². The van der Waals surface area contributed by atoms with E-state index in [4.69, 9.17) is 0 Å². The van der Waals surface area contributed by atoms with E-state index < -0.39 is 0 Å². The topological polar surface area (TPSA) is 54.9 Å². The van der Waals surface area contributed by atoms with E-state index in [1.54, 1.807) is 6.33 Å². The van der Waals surface area contributed by atoms with Crippen LogP contribution in [0, 0.1) is 6.92 Å². The first-order valence-electron chi connectivity index (χ1n) is 9.02. The molecule has 0 spiro atoms. The van der Waals surface area contributed by atoms with Gasteiger partial charge in [0.05, 0.1) is 5.69 Å². The molecule has 26 heavy (non-hydrogen) atoms. The fourth-order valence-electron chi connectivity index (χ4n) is 3.56. The van der Waals surface area contributed by atoms with Gasteiger partial charge in [0.25, 0.3) is 5.91 Å². The average molecular weight is 343 g/mol. The van der Waals surface area contributed by atoms with Crippen LogP contribution in [0.15, 0.2) is 54.9 Å². The highest BCUT2D eigenvalue weighted by Gasteiger charge is 2.20. The molecule has 130 valence electrons. The second kappa shape index (κ2) is 7.08. The van der Waals surface area contributed by atoms with Gasteiger partial charge in [-0.2, -0.15) is 0 Å². The number of benzene rings is 2. The Morgan fingerprint density at radius 3 is 2.73 bits per heavy atom. The average Bonchev–Trinajstić information content (AvgIpc) is 2.67. The first-order chi connectivity index (χ1) is 12.7. The van der Waals surface area contributed by atoms with Gasteiger partial charge in [0.1, 0.15) is 6.33 Å². The maximum atomic E-state index is 12.9. The molecular formula is C22H21N3O. The van der Waals surface area contributed by atoms with Crippen molar-refractivity contribution in [1.29, 1.82) is 0 Å². The Labute approximate surface area is 153 Å². The summed E-state index contributed by atoms with van der Waals surface area (Å²) < 4.78 is 0. The van der Waals surface area contributed by atoms with Gasteiger partial charge >= 0.3 is 0 Å². The number of anilines is 1. The van der Waals surface area contributed by atoms with Crippen molar-refractivity contribution in [2.24, 2.45) is 0 Å². The Morgan fingerprint density at radius 1 is 1.00 bits per heavy atom. The number of aromatic nitrogens is 2. The van der Waals surface area contributed by atoms with Gasteiger partial charge in [-0.05, 0) is 56.4 Å². The molecule has 4 nitrogen and oxygen atoms in total. The van der Waals surface area contributed by atoms with Crippen molar-refractivity contribution in [3.05, 3.63) is 77.2 Å². The molecule has 1 amide bonds. The molecule has 1 aromatic heterocycles. The van der Waals surface area contributed by atoms with E-state index in [0.29, 0.717) is 5.56 Å². The zero-order chi connectivity index (χ0) is 17.9. The number of nitrogens with one attached hydrogen (secondary N) is 1. The van der Waals surface area contributed by atoms with Crippen LogP contribution >= 0.6 is 0 Å². The minimum atomic E-state index is -0.116. The second-order valence-corrected chi connectivity index (χ2v) is 6.72. The van der Waals surface area contributed by atoms with Gasteiger partial charge in [0.15, 0.2) is 0 Å². The Kier molecular flexibility index (Phi) is 4.48. The number of aryl methyl sites for hydroxylation is 2. The molecule has 0 atom stereocenters. The van der Waals surface area contributed by atoms with Crippen LogP contribution in [-0.4, -0.2) is 15.9 Å². The lowest BCUT2D eigenvalue weighted by atomic mass is 9.91. The summed E-state index contributed by atoms with van der Waals surface area (Å²) in [6, 6.07) is 15.5. The number of amides is 1. The molecule has 0 unspecified atom stereocenters. The van der Waals surface area contributed by atoms with E-state index in [2.05, 4.69) is 15.3 Å². The second-order valence-electron chi connectivity index (χ2n) is 6.72. The fraction of sp³-hybridized carbons (Fsp3) is 0.227. The van der Waals surface area contributed by atoms with Crippen LogP contribution in [0.25, 0.3) is 11.3 Å². The van der Waals surface area contributed by atoms with Gasteiger partial charge in [0.2, 0.25) is 0 Å². The van der Waals surface area contributed by atoms with Crippen LogP contribution in [0.1, 0.15) is 40.0 Å². The molecule has 2 aromatic carbocycles. The number of fused-ring (bicyclic) bond motifs is 1. The van der Waals surface area contributed by atoms with Crippen LogP contribution < -0.4 is 5.32 Å². The van der Waals surface area contributed by atoms with E-state index in [-0.39, 0.29) is 5.91 Å². The fourth-order valence-corrected chi connectivity index (χ4v) is 3.56. The predicted octanol–water partition coefficient (Wildman–Crippen LogP) is 4.58.